The zero-order valence-electron chi connectivity index (χ0n) is 12.0. The summed E-state index contributed by atoms with van der Waals surface area (Å²) in [5, 5.41) is 0.960. The predicted molar refractivity (Wildman–Crippen MR) is 82.8 cm³/mol. The fourth-order valence-electron chi connectivity index (χ4n) is 4.46. The molecule has 3 saturated carbocycles. The van der Waals surface area contributed by atoms with Gasteiger partial charge in [-0.15, -0.1) is 11.6 Å². The molecule has 4 fully saturated rings. The van der Waals surface area contributed by atoms with Gasteiger partial charge in [0.1, 0.15) is 0 Å². The Hall–Kier alpha value is 0.755. The van der Waals surface area contributed by atoms with Crippen LogP contribution in [0.15, 0.2) is 0 Å². The molecule has 0 radical (unpaired) electrons. The van der Waals surface area contributed by atoms with E-state index in [1.807, 2.05) is 0 Å². The molecule has 3 aliphatic carbocycles. The SMILES string of the molecule is CC1(C)[C@@H]2C[C@H]3OB([C@H](Cl)CCCBr)O[C@@]3(C)[C@H]1C2. The van der Waals surface area contributed by atoms with Gasteiger partial charge < -0.3 is 9.31 Å². The Bertz CT molecular complexity index is 367. The van der Waals surface area contributed by atoms with E-state index >= 15 is 0 Å². The van der Waals surface area contributed by atoms with Crippen molar-refractivity contribution >= 4 is 34.6 Å². The average molecular weight is 350 g/mol. The topological polar surface area (TPSA) is 18.5 Å². The van der Waals surface area contributed by atoms with Crippen molar-refractivity contribution in [2.75, 3.05) is 5.33 Å². The molecule has 0 unspecified atom stereocenters. The highest BCUT2D eigenvalue weighted by Gasteiger charge is 2.68. The molecule has 19 heavy (non-hydrogen) atoms. The van der Waals surface area contributed by atoms with E-state index in [9.17, 15) is 0 Å². The summed E-state index contributed by atoms with van der Waals surface area (Å²) in [6, 6.07) is 0. The molecule has 0 N–H and O–H groups in total. The second kappa shape index (κ2) is 4.89. The van der Waals surface area contributed by atoms with Crippen LogP contribution in [0.25, 0.3) is 0 Å². The van der Waals surface area contributed by atoms with Crippen LogP contribution in [0.5, 0.6) is 0 Å². The van der Waals surface area contributed by atoms with Crippen molar-refractivity contribution < 1.29 is 9.31 Å². The van der Waals surface area contributed by atoms with E-state index in [-0.39, 0.29) is 24.1 Å². The van der Waals surface area contributed by atoms with Crippen molar-refractivity contribution in [3.63, 3.8) is 0 Å². The minimum atomic E-state index is -0.217. The molecule has 4 aliphatic rings. The Kier molecular flexibility index (Phi) is 3.78. The van der Waals surface area contributed by atoms with Crippen LogP contribution in [-0.4, -0.2) is 29.4 Å². The molecule has 1 saturated heterocycles. The lowest BCUT2D eigenvalue weighted by atomic mass is 9.43. The van der Waals surface area contributed by atoms with Gasteiger partial charge in [0.2, 0.25) is 0 Å². The first-order valence-electron chi connectivity index (χ1n) is 7.43. The van der Waals surface area contributed by atoms with E-state index in [1.165, 1.54) is 6.42 Å². The molecular formula is C14H23BBrClO2. The predicted octanol–water partition coefficient (Wildman–Crippen LogP) is 4.04. The summed E-state index contributed by atoms with van der Waals surface area (Å²) in [6.07, 6.45) is 4.69. The van der Waals surface area contributed by atoms with Crippen LogP contribution in [0.2, 0.25) is 0 Å². The first-order chi connectivity index (χ1) is 8.89. The third-order valence-electron chi connectivity index (χ3n) is 5.88. The first kappa shape index (κ1) is 14.7. The standard InChI is InChI=1S/C14H23BBrClO2/c1-13(2)9-7-10(13)14(3)11(8-9)18-15(19-14)12(17)5-4-6-16/h9-12H,4-8H2,1-3H3/t9-,10-,11+,12+,14-/m0/s1. The lowest BCUT2D eigenvalue weighted by Gasteiger charge is -2.64. The number of rotatable bonds is 4. The Morgan fingerprint density at radius 3 is 2.74 bits per heavy atom. The normalized spacial score (nSPS) is 44.7. The van der Waals surface area contributed by atoms with Crippen molar-refractivity contribution in [2.45, 2.75) is 63.4 Å². The minimum Gasteiger partial charge on any atom is -0.404 e. The summed E-state index contributed by atoms with van der Waals surface area (Å²) in [4.78, 5) is 0. The molecule has 0 spiro atoms. The first-order valence-corrected chi connectivity index (χ1v) is 8.98. The molecule has 5 atom stereocenters. The Morgan fingerprint density at radius 1 is 1.37 bits per heavy atom. The minimum absolute atomic E-state index is 0.0275. The number of halogens is 2. The van der Waals surface area contributed by atoms with Crippen LogP contribution in [0, 0.1) is 17.3 Å². The van der Waals surface area contributed by atoms with Gasteiger partial charge in [-0.3, -0.25) is 0 Å². The third kappa shape index (κ3) is 2.13. The van der Waals surface area contributed by atoms with Gasteiger partial charge in [0.25, 0.3) is 0 Å². The largest absolute Gasteiger partial charge is 0.476 e. The molecule has 108 valence electrons. The van der Waals surface area contributed by atoms with E-state index < -0.39 is 0 Å². The number of hydrogen-bond acceptors (Lipinski definition) is 2. The zero-order valence-corrected chi connectivity index (χ0v) is 14.3. The fourth-order valence-corrected chi connectivity index (χ4v) is 5.05. The van der Waals surface area contributed by atoms with Crippen molar-refractivity contribution in [2.24, 2.45) is 17.3 Å². The van der Waals surface area contributed by atoms with Gasteiger partial charge in [0.05, 0.1) is 17.0 Å². The molecule has 4 rings (SSSR count). The molecule has 1 heterocycles. The number of alkyl halides is 2. The molecule has 0 aromatic rings. The zero-order chi connectivity index (χ0) is 13.8. The summed E-state index contributed by atoms with van der Waals surface area (Å²) in [7, 11) is -0.217. The molecule has 0 aromatic heterocycles. The Labute approximate surface area is 130 Å². The van der Waals surface area contributed by atoms with Crippen LogP contribution >= 0.6 is 27.5 Å². The summed E-state index contributed by atoms with van der Waals surface area (Å²) < 4.78 is 12.5. The average Bonchev–Trinajstić information content (AvgIpc) is 2.72. The van der Waals surface area contributed by atoms with E-state index in [1.54, 1.807) is 0 Å². The maximum absolute atomic E-state index is 6.45. The summed E-state index contributed by atoms with van der Waals surface area (Å²) in [5.74, 6) is 1.42. The monoisotopic (exact) mass is 348 g/mol. The molecule has 1 aliphatic heterocycles. The van der Waals surface area contributed by atoms with E-state index in [4.69, 9.17) is 20.9 Å². The van der Waals surface area contributed by atoms with E-state index in [0.29, 0.717) is 11.3 Å². The van der Waals surface area contributed by atoms with Gasteiger partial charge in [0.15, 0.2) is 0 Å². The Balaban J connectivity index is 1.70. The smallest absolute Gasteiger partial charge is 0.404 e. The Morgan fingerprint density at radius 2 is 2.11 bits per heavy atom. The summed E-state index contributed by atoms with van der Waals surface area (Å²) >= 11 is 9.90. The highest BCUT2D eigenvalue weighted by molar-refractivity contribution is 9.09. The van der Waals surface area contributed by atoms with Crippen LogP contribution in [0.3, 0.4) is 0 Å². The fraction of sp³-hybridized carbons (Fsp3) is 1.00. The summed E-state index contributed by atoms with van der Waals surface area (Å²) in [6.45, 7) is 7.01. The van der Waals surface area contributed by atoms with Crippen LogP contribution in [-0.2, 0) is 9.31 Å². The quantitative estimate of drug-likeness (QED) is 0.563. The lowest BCUT2D eigenvalue weighted by Crippen LogP contribution is -2.65. The number of hydrogen-bond donors (Lipinski definition) is 0. The summed E-state index contributed by atoms with van der Waals surface area (Å²) in [5.41, 5.74) is 0.283. The maximum atomic E-state index is 6.45. The van der Waals surface area contributed by atoms with E-state index in [2.05, 4.69) is 36.7 Å². The van der Waals surface area contributed by atoms with Crippen LogP contribution < -0.4 is 0 Å². The van der Waals surface area contributed by atoms with Crippen LogP contribution in [0.1, 0.15) is 46.5 Å². The molecule has 2 bridgehead atoms. The van der Waals surface area contributed by atoms with Gasteiger partial charge in [-0.05, 0) is 49.9 Å². The molecule has 0 aromatic carbocycles. The van der Waals surface area contributed by atoms with Crippen LogP contribution in [0.4, 0.5) is 0 Å². The second-order valence-corrected chi connectivity index (χ2v) is 8.54. The third-order valence-corrected chi connectivity index (χ3v) is 6.86. The highest BCUT2D eigenvalue weighted by Crippen LogP contribution is 2.65. The van der Waals surface area contributed by atoms with Crippen molar-refractivity contribution in [3.05, 3.63) is 0 Å². The van der Waals surface area contributed by atoms with Crippen molar-refractivity contribution in [3.8, 4) is 0 Å². The van der Waals surface area contributed by atoms with Crippen molar-refractivity contribution in [1.29, 1.82) is 0 Å². The lowest BCUT2D eigenvalue weighted by molar-refractivity contribution is -0.199. The van der Waals surface area contributed by atoms with Gasteiger partial charge in [-0.25, -0.2) is 0 Å². The molecule has 2 nitrogen and oxygen atoms in total. The van der Waals surface area contributed by atoms with Gasteiger partial charge in [-0.2, -0.15) is 0 Å². The molecular weight excluding hydrogens is 326 g/mol. The van der Waals surface area contributed by atoms with Gasteiger partial charge in [0, 0.05) is 5.33 Å². The molecule has 0 amide bonds. The molecule has 5 heteroatoms. The van der Waals surface area contributed by atoms with Gasteiger partial charge >= 0.3 is 7.12 Å². The van der Waals surface area contributed by atoms with E-state index in [0.717, 1.165) is 30.5 Å². The van der Waals surface area contributed by atoms with Gasteiger partial charge in [-0.1, -0.05) is 29.8 Å². The van der Waals surface area contributed by atoms with Crippen molar-refractivity contribution in [1.82, 2.24) is 0 Å². The maximum Gasteiger partial charge on any atom is 0.476 e. The highest BCUT2D eigenvalue weighted by atomic mass is 79.9. The second-order valence-electron chi connectivity index (χ2n) is 7.18.